The van der Waals surface area contributed by atoms with Crippen molar-refractivity contribution < 1.29 is 370 Å². The fourth-order valence-electron chi connectivity index (χ4n) is 8.16. The molecule has 0 aromatic rings. The summed E-state index contributed by atoms with van der Waals surface area (Å²) in [6.07, 6.45) is -13.3. The van der Waals surface area contributed by atoms with E-state index in [9.17, 15) is 103 Å². The van der Waals surface area contributed by atoms with Gasteiger partial charge in [0, 0.05) is 89.6 Å². The van der Waals surface area contributed by atoms with Crippen molar-refractivity contribution in [3.63, 3.8) is 0 Å². The second kappa shape index (κ2) is 53.1. The van der Waals surface area contributed by atoms with Crippen LogP contribution in [0.5, 0.6) is 0 Å². The van der Waals surface area contributed by atoms with Crippen molar-refractivity contribution in [3.8, 4) is 0 Å². The minimum absolute atomic E-state index is 0. The summed E-state index contributed by atoms with van der Waals surface area (Å²) in [6.45, 7) is 3.26. The number of amides is 3. The first-order valence-electron chi connectivity index (χ1n) is 21.7. The molecule has 0 saturated heterocycles. The zero-order valence-electron chi connectivity index (χ0n) is 46.6. The Kier molecular flexibility index (Phi) is 70.3. The Morgan fingerprint density at radius 2 is 0.395 bits per heavy atom. The number of hydrogen-bond acceptors (Lipinski definition) is 21. The summed E-state index contributed by atoms with van der Waals surface area (Å²) in [5.74, 6) is -17.7. The van der Waals surface area contributed by atoms with Crippen LogP contribution in [0.2, 0.25) is 0 Å². The zero-order chi connectivity index (χ0) is 51.6. The minimum atomic E-state index is -1.75. The monoisotopic (exact) mass is 1160 g/mol. The molecule has 0 aromatic heterocycles. The second-order valence-corrected chi connectivity index (χ2v) is 17.4. The topological polar surface area (TPSA) is 448 Å². The Balaban J connectivity index is -0.000000605. The van der Waals surface area contributed by atoms with Gasteiger partial charge in [0.1, 0.15) is 0 Å². The van der Waals surface area contributed by atoms with E-state index in [2.05, 4.69) is 16.0 Å². The SMILES string of the molecule is CC(C)C(CCC(=O)NC(CCC(=O)[O-])(CCC(=O)[O-])CCC(=O)[O-])(CCC(=O)NC(CCC(=O)[O-])(CCC(=O)[O-])CCC(=O)[O-])CCC(=O)NC(CCC(=O)[O-])(CCC(=O)[O-])CCC(=O)[O-].[Na+].[Na+].[Na+].[Na+].[Na+].[Na+].[Na+].[Na+].[Na+]. The quantitative estimate of drug-likeness (QED) is 0.0480. The molecule has 0 saturated carbocycles. The summed E-state index contributed by atoms with van der Waals surface area (Å²) in [5, 5.41) is 111. The maximum atomic E-state index is 13.8. The Morgan fingerprint density at radius 1 is 0.263 bits per heavy atom. The van der Waals surface area contributed by atoms with E-state index in [1.54, 1.807) is 13.8 Å². The summed E-state index contributed by atoms with van der Waals surface area (Å²) in [4.78, 5) is 144. The number of rotatable bonds is 40. The molecule has 0 rings (SSSR count). The van der Waals surface area contributed by atoms with Crippen LogP contribution in [0.3, 0.4) is 0 Å². The van der Waals surface area contributed by atoms with Crippen LogP contribution >= 0.6 is 0 Å². The van der Waals surface area contributed by atoms with E-state index < -0.39 is 234 Å². The van der Waals surface area contributed by atoms with E-state index in [0.29, 0.717) is 0 Å². The van der Waals surface area contributed by atoms with Gasteiger partial charge >= 0.3 is 266 Å². The third-order valence-electron chi connectivity index (χ3n) is 12.3. The molecule has 3 N–H and O–H groups in total. The van der Waals surface area contributed by atoms with E-state index >= 15 is 0 Å². The average molecular weight is 1160 g/mol. The number of nitrogens with one attached hydrogen (secondary N) is 3. The van der Waals surface area contributed by atoms with E-state index in [1.807, 2.05) is 0 Å². The van der Waals surface area contributed by atoms with E-state index in [0.717, 1.165) is 0 Å². The summed E-state index contributed by atoms with van der Waals surface area (Å²) < 4.78 is 0. The third-order valence-corrected chi connectivity index (χ3v) is 12.3. The van der Waals surface area contributed by atoms with Gasteiger partial charge in [-0.15, -0.1) is 0 Å². The summed E-state index contributed by atoms with van der Waals surface area (Å²) in [5.41, 5.74) is -6.55. The molecule has 76 heavy (non-hydrogen) atoms. The Bertz CT molecular complexity index is 1490. The van der Waals surface area contributed by atoms with Crippen molar-refractivity contribution >= 4 is 71.4 Å². The number of hydrogen-bond donors (Lipinski definition) is 3. The van der Waals surface area contributed by atoms with Gasteiger partial charge in [-0.1, -0.05) is 13.8 Å². The fourth-order valence-corrected chi connectivity index (χ4v) is 8.16. The molecule has 0 aliphatic rings. The van der Waals surface area contributed by atoms with Gasteiger partial charge in [0.15, 0.2) is 0 Å². The molecular weight excluding hydrogens is 1100 g/mol. The maximum absolute atomic E-state index is 13.8. The normalized spacial score (nSPS) is 10.5. The molecular formula is C43H58N3Na9O21. The molecule has 380 valence electrons. The molecule has 0 aliphatic carbocycles. The Morgan fingerprint density at radius 3 is 0.500 bits per heavy atom. The first kappa shape index (κ1) is 101. The first-order valence-corrected chi connectivity index (χ1v) is 21.7. The smallest absolute Gasteiger partial charge is 0.550 e. The van der Waals surface area contributed by atoms with E-state index in [-0.39, 0.29) is 285 Å². The first-order chi connectivity index (χ1) is 31.0. The van der Waals surface area contributed by atoms with Gasteiger partial charge in [-0.25, -0.2) is 0 Å². The molecule has 0 bridgehead atoms. The van der Waals surface area contributed by atoms with Crippen LogP contribution in [0.15, 0.2) is 0 Å². The van der Waals surface area contributed by atoms with Crippen LogP contribution in [0.25, 0.3) is 0 Å². The summed E-state index contributed by atoms with van der Waals surface area (Å²) in [7, 11) is 0. The van der Waals surface area contributed by atoms with Crippen LogP contribution in [-0.4, -0.2) is 88.1 Å². The van der Waals surface area contributed by atoms with E-state index in [4.69, 9.17) is 0 Å². The van der Waals surface area contributed by atoms with Gasteiger partial charge < -0.3 is 105 Å². The van der Waals surface area contributed by atoms with Gasteiger partial charge in [0.25, 0.3) is 0 Å². The number of carboxylic acid groups (broad SMARTS) is 9. The van der Waals surface area contributed by atoms with Crippen LogP contribution < -0.4 is 328 Å². The fraction of sp³-hybridized carbons (Fsp3) is 0.721. The molecule has 24 nitrogen and oxygen atoms in total. The van der Waals surface area contributed by atoms with Crippen molar-refractivity contribution in [2.75, 3.05) is 0 Å². The Labute approximate surface area is 642 Å². The Hall–Kier alpha value is 2.64. The third kappa shape index (κ3) is 47.9. The van der Waals surface area contributed by atoms with Gasteiger partial charge in [0.05, 0.1) is 0 Å². The van der Waals surface area contributed by atoms with Crippen molar-refractivity contribution in [1.82, 2.24) is 16.0 Å². The summed E-state index contributed by atoms with van der Waals surface area (Å²) in [6, 6.07) is 0. The molecule has 0 spiro atoms. The molecule has 3 amide bonds. The van der Waals surface area contributed by atoms with Gasteiger partial charge in [-0.3, -0.25) is 14.4 Å². The predicted octanol–water partition coefficient (Wildman–Crippen LogP) is -35.7. The molecule has 33 heteroatoms. The molecule has 0 aromatic carbocycles. The summed E-state index contributed by atoms with van der Waals surface area (Å²) >= 11 is 0. The van der Waals surface area contributed by atoms with Crippen LogP contribution in [0.4, 0.5) is 0 Å². The number of aliphatic carboxylic acids is 9. The molecule has 0 fully saturated rings. The maximum Gasteiger partial charge on any atom is 1.00 e. The van der Waals surface area contributed by atoms with Crippen molar-refractivity contribution in [2.24, 2.45) is 11.3 Å². The van der Waals surface area contributed by atoms with Gasteiger partial charge in [-0.05, 0) is 146 Å². The van der Waals surface area contributed by atoms with Gasteiger partial charge in [-0.2, -0.15) is 0 Å². The standard InChI is InChI=1S/C43H67N3O21.9Na/c1-27(2)40(15-3-28(47)44-41(18-6-31(50)51,19-7-32(52)53)20-8-33(54)55,16-4-29(48)45-42(21-9-34(56)57,22-10-35(58)59)23-11-36(60)61)17-5-30(49)46-43(24-12-37(62)63,25-13-38(64)65)26-14-39(66)67;;;;;;;;;/h27H,3-26H2,1-2H3,(H,44,47)(H,45,48)(H,46,49)(H,50,51)(H,52,53)(H,54,55)(H,56,57)(H,58,59)(H,60,61)(H,62,63)(H,64,65)(H,66,67);;;;;;;;;/q;9*+1/p-9. The van der Waals surface area contributed by atoms with Crippen LogP contribution in [0, 0.1) is 11.3 Å². The average Bonchev–Trinajstić information content (AvgIpc) is 3.21. The molecule has 0 unspecified atom stereocenters. The van der Waals surface area contributed by atoms with Crippen molar-refractivity contribution in [3.05, 3.63) is 0 Å². The van der Waals surface area contributed by atoms with Gasteiger partial charge in [0.2, 0.25) is 17.7 Å². The molecule has 0 heterocycles. The molecule has 0 aliphatic heterocycles. The molecule has 0 radical (unpaired) electrons. The largest absolute Gasteiger partial charge is 1.00 e. The minimum Gasteiger partial charge on any atom is -0.550 e. The van der Waals surface area contributed by atoms with Crippen LogP contribution in [-0.2, 0) is 57.5 Å². The molecule has 0 atom stereocenters. The predicted molar refractivity (Wildman–Crippen MR) is 206 cm³/mol. The number of carbonyl (C=O) groups is 12. The number of carbonyl (C=O) groups excluding carboxylic acids is 12. The van der Waals surface area contributed by atoms with Crippen molar-refractivity contribution in [2.45, 2.75) is 185 Å². The van der Waals surface area contributed by atoms with E-state index in [1.165, 1.54) is 0 Å². The van der Waals surface area contributed by atoms with Crippen LogP contribution in [0.1, 0.15) is 168 Å². The second-order valence-electron chi connectivity index (χ2n) is 17.4. The zero-order valence-corrected chi connectivity index (χ0v) is 64.6. The van der Waals surface area contributed by atoms with Crippen molar-refractivity contribution in [1.29, 1.82) is 0 Å². The number of carboxylic acids is 9.